The molecule has 0 aliphatic carbocycles. The number of benzene rings is 2. The van der Waals surface area contributed by atoms with Crippen molar-refractivity contribution in [2.75, 3.05) is 4.90 Å². The second-order valence-corrected chi connectivity index (χ2v) is 6.15. The van der Waals surface area contributed by atoms with Crippen molar-refractivity contribution in [3.05, 3.63) is 72.9 Å². The number of para-hydroxylation sites is 2. The van der Waals surface area contributed by atoms with E-state index in [0.29, 0.717) is 0 Å². The normalized spacial score (nSPS) is 16.2. The van der Waals surface area contributed by atoms with Gasteiger partial charge in [-0.2, -0.15) is 0 Å². The van der Waals surface area contributed by atoms with Crippen LogP contribution in [0.3, 0.4) is 0 Å². The standard InChI is InChI=1S/C17H12N2OS/c20-21-15-10-5-4-9-14(15)19(13-7-2-1-3-8-13)17-16(21)11-6-12-18-17/h1-12H. The molecule has 0 N–H and O–H groups in total. The molecular formula is C17H12N2OS. The molecule has 0 amide bonds. The molecule has 1 atom stereocenters. The second-order valence-electron chi connectivity index (χ2n) is 4.73. The van der Waals surface area contributed by atoms with Crippen molar-refractivity contribution in [3.63, 3.8) is 0 Å². The third-order valence-electron chi connectivity index (χ3n) is 3.48. The number of pyridine rings is 1. The van der Waals surface area contributed by atoms with E-state index in [2.05, 4.69) is 9.88 Å². The molecule has 3 aromatic rings. The first-order valence-corrected chi connectivity index (χ1v) is 7.82. The first-order valence-electron chi connectivity index (χ1n) is 6.67. The molecule has 4 rings (SSSR count). The number of nitrogens with zero attached hydrogens (tertiary/aromatic N) is 2. The van der Waals surface area contributed by atoms with Gasteiger partial charge in [0, 0.05) is 11.9 Å². The van der Waals surface area contributed by atoms with Crippen LogP contribution in [0.15, 0.2) is 82.7 Å². The summed E-state index contributed by atoms with van der Waals surface area (Å²) in [6.45, 7) is 0. The highest BCUT2D eigenvalue weighted by atomic mass is 32.2. The fourth-order valence-electron chi connectivity index (χ4n) is 2.56. The Morgan fingerprint density at radius 2 is 1.52 bits per heavy atom. The number of hydrogen-bond donors (Lipinski definition) is 0. The summed E-state index contributed by atoms with van der Waals surface area (Å²) >= 11 is 0. The molecule has 1 unspecified atom stereocenters. The van der Waals surface area contributed by atoms with Crippen molar-refractivity contribution in [2.24, 2.45) is 0 Å². The van der Waals surface area contributed by atoms with Crippen molar-refractivity contribution < 1.29 is 4.21 Å². The summed E-state index contributed by atoms with van der Waals surface area (Å²) in [4.78, 5) is 8.09. The largest absolute Gasteiger partial charge is 0.293 e. The van der Waals surface area contributed by atoms with Crippen LogP contribution in [-0.2, 0) is 10.8 Å². The van der Waals surface area contributed by atoms with Gasteiger partial charge in [0.05, 0.1) is 26.3 Å². The van der Waals surface area contributed by atoms with E-state index >= 15 is 0 Å². The number of aromatic nitrogens is 1. The Morgan fingerprint density at radius 1 is 0.810 bits per heavy atom. The first-order chi connectivity index (χ1) is 10.4. The van der Waals surface area contributed by atoms with Gasteiger partial charge >= 0.3 is 0 Å². The molecule has 21 heavy (non-hydrogen) atoms. The van der Waals surface area contributed by atoms with Crippen LogP contribution < -0.4 is 4.90 Å². The molecule has 0 radical (unpaired) electrons. The van der Waals surface area contributed by atoms with Crippen LogP contribution in [0.25, 0.3) is 0 Å². The Hall–Kier alpha value is -2.46. The van der Waals surface area contributed by atoms with Gasteiger partial charge in [0.1, 0.15) is 0 Å². The predicted molar refractivity (Wildman–Crippen MR) is 83.6 cm³/mol. The van der Waals surface area contributed by atoms with Crippen molar-refractivity contribution >= 4 is 28.0 Å². The lowest BCUT2D eigenvalue weighted by atomic mass is 10.2. The van der Waals surface area contributed by atoms with Gasteiger partial charge in [0.2, 0.25) is 0 Å². The summed E-state index contributed by atoms with van der Waals surface area (Å²) in [5, 5.41) is 0. The maximum atomic E-state index is 12.7. The zero-order valence-electron chi connectivity index (χ0n) is 11.1. The van der Waals surface area contributed by atoms with Crippen molar-refractivity contribution in [3.8, 4) is 0 Å². The lowest BCUT2D eigenvalue weighted by molar-refractivity contribution is 0.681. The first kappa shape index (κ1) is 12.3. The molecule has 1 aliphatic heterocycles. The molecule has 1 aromatic heterocycles. The number of hydrogen-bond acceptors (Lipinski definition) is 3. The van der Waals surface area contributed by atoms with E-state index in [0.717, 1.165) is 27.0 Å². The van der Waals surface area contributed by atoms with Crippen molar-refractivity contribution in [1.82, 2.24) is 4.98 Å². The molecule has 102 valence electrons. The monoisotopic (exact) mass is 292 g/mol. The third-order valence-corrected chi connectivity index (χ3v) is 4.95. The van der Waals surface area contributed by atoms with E-state index in [9.17, 15) is 4.21 Å². The summed E-state index contributed by atoms with van der Waals surface area (Å²) in [6, 6.07) is 21.5. The Morgan fingerprint density at radius 3 is 2.38 bits per heavy atom. The Bertz CT molecular complexity index is 783. The van der Waals surface area contributed by atoms with Crippen LogP contribution in [0.1, 0.15) is 0 Å². The van der Waals surface area contributed by atoms with E-state index in [4.69, 9.17) is 0 Å². The van der Waals surface area contributed by atoms with Crippen LogP contribution in [0.4, 0.5) is 17.2 Å². The van der Waals surface area contributed by atoms with Crippen LogP contribution in [0, 0.1) is 0 Å². The maximum absolute atomic E-state index is 12.7. The SMILES string of the molecule is O=S1c2ccccc2N(c2ccccc2)c2ncccc21. The van der Waals surface area contributed by atoms with E-state index in [1.54, 1.807) is 6.20 Å². The molecule has 3 nitrogen and oxygen atoms in total. The Labute approximate surface area is 125 Å². The van der Waals surface area contributed by atoms with Gasteiger partial charge in [0.25, 0.3) is 0 Å². The van der Waals surface area contributed by atoms with Gasteiger partial charge in [-0.1, -0.05) is 30.3 Å². The smallest absolute Gasteiger partial charge is 0.154 e. The molecule has 1 aliphatic rings. The quantitative estimate of drug-likeness (QED) is 0.531. The highest BCUT2D eigenvalue weighted by Crippen LogP contribution is 2.44. The molecule has 0 saturated heterocycles. The number of anilines is 3. The molecule has 0 bridgehead atoms. The minimum absolute atomic E-state index is 0.737. The Kier molecular flexibility index (Phi) is 2.82. The topological polar surface area (TPSA) is 33.2 Å². The van der Waals surface area contributed by atoms with Gasteiger partial charge in [0.15, 0.2) is 5.82 Å². The fourth-order valence-corrected chi connectivity index (χ4v) is 3.86. The van der Waals surface area contributed by atoms with Gasteiger partial charge in [-0.05, 0) is 36.4 Å². The number of fused-ring (bicyclic) bond motifs is 2. The molecule has 4 heteroatoms. The molecule has 2 aromatic carbocycles. The van der Waals surface area contributed by atoms with Gasteiger partial charge in [-0.3, -0.25) is 4.90 Å². The van der Waals surface area contributed by atoms with Gasteiger partial charge < -0.3 is 0 Å². The summed E-state index contributed by atoms with van der Waals surface area (Å²) in [5.41, 5.74) is 1.94. The zero-order valence-corrected chi connectivity index (χ0v) is 12.0. The van der Waals surface area contributed by atoms with Gasteiger partial charge in [-0.25, -0.2) is 9.19 Å². The lowest BCUT2D eigenvalue weighted by Gasteiger charge is -2.31. The summed E-state index contributed by atoms with van der Waals surface area (Å²) in [7, 11) is -1.19. The highest BCUT2D eigenvalue weighted by molar-refractivity contribution is 7.85. The zero-order chi connectivity index (χ0) is 14.2. The third kappa shape index (κ3) is 1.87. The van der Waals surface area contributed by atoms with E-state index in [1.165, 1.54) is 0 Å². The number of rotatable bonds is 1. The van der Waals surface area contributed by atoms with Crippen molar-refractivity contribution in [1.29, 1.82) is 0 Å². The second kappa shape index (κ2) is 4.82. The van der Waals surface area contributed by atoms with E-state index in [1.807, 2.05) is 66.7 Å². The van der Waals surface area contributed by atoms with Gasteiger partial charge in [-0.15, -0.1) is 0 Å². The minimum Gasteiger partial charge on any atom is -0.293 e. The maximum Gasteiger partial charge on any atom is 0.154 e. The lowest BCUT2D eigenvalue weighted by Crippen LogP contribution is -2.20. The Balaban J connectivity index is 2.03. The van der Waals surface area contributed by atoms with Crippen LogP contribution in [0.2, 0.25) is 0 Å². The van der Waals surface area contributed by atoms with Crippen LogP contribution in [-0.4, -0.2) is 9.19 Å². The average molecular weight is 292 g/mol. The molecule has 0 saturated carbocycles. The highest BCUT2D eigenvalue weighted by Gasteiger charge is 2.29. The summed E-state index contributed by atoms with van der Waals surface area (Å²) < 4.78 is 12.7. The van der Waals surface area contributed by atoms with Crippen LogP contribution >= 0.6 is 0 Å². The average Bonchev–Trinajstić information content (AvgIpc) is 2.56. The minimum atomic E-state index is -1.19. The molecule has 0 fully saturated rings. The molecule has 0 spiro atoms. The van der Waals surface area contributed by atoms with Crippen LogP contribution in [0.5, 0.6) is 0 Å². The van der Waals surface area contributed by atoms with E-state index in [-0.39, 0.29) is 0 Å². The van der Waals surface area contributed by atoms with E-state index < -0.39 is 10.8 Å². The summed E-state index contributed by atoms with van der Waals surface area (Å²) in [5.74, 6) is 0.737. The van der Waals surface area contributed by atoms with Crippen molar-refractivity contribution in [2.45, 2.75) is 9.79 Å². The predicted octanol–water partition coefficient (Wildman–Crippen LogP) is 4.03. The fraction of sp³-hybridized carbons (Fsp3) is 0. The molecule has 2 heterocycles. The summed E-state index contributed by atoms with van der Waals surface area (Å²) in [6.07, 6.45) is 1.74. The molecular weight excluding hydrogens is 280 g/mol.